The quantitative estimate of drug-likeness (QED) is 0.820. The Labute approximate surface area is 114 Å². The van der Waals surface area contributed by atoms with E-state index in [0.717, 1.165) is 0 Å². The zero-order chi connectivity index (χ0) is 13.7. The lowest BCUT2D eigenvalue weighted by Gasteiger charge is -2.30. The van der Waals surface area contributed by atoms with Gasteiger partial charge in [-0.05, 0) is 39.8 Å². The maximum Gasteiger partial charge on any atom is 0.260 e. The Morgan fingerprint density at radius 3 is 2.28 bits per heavy atom. The van der Waals surface area contributed by atoms with Gasteiger partial charge >= 0.3 is 0 Å². The Kier molecular flexibility index (Phi) is 5.48. The molecule has 0 aromatic heterocycles. The Bertz CT molecular complexity index is 397. The molecule has 0 radical (unpaired) electrons. The van der Waals surface area contributed by atoms with Gasteiger partial charge in [0, 0.05) is 12.1 Å². The Morgan fingerprint density at radius 1 is 1.22 bits per heavy atom. The van der Waals surface area contributed by atoms with Crippen LogP contribution in [-0.4, -0.2) is 29.5 Å². The fourth-order valence-electron chi connectivity index (χ4n) is 1.95. The average molecular weight is 270 g/mol. The van der Waals surface area contributed by atoms with Crippen LogP contribution in [0.5, 0.6) is 5.75 Å². The predicted octanol–water partition coefficient (Wildman–Crippen LogP) is 3.36. The first-order valence-electron chi connectivity index (χ1n) is 6.12. The van der Waals surface area contributed by atoms with Crippen LogP contribution in [0.15, 0.2) is 24.3 Å². The number of para-hydroxylation sites is 1. The summed E-state index contributed by atoms with van der Waals surface area (Å²) in [6.45, 7) is 7.99. The highest BCUT2D eigenvalue weighted by Gasteiger charge is 2.20. The molecule has 0 N–H and O–H groups in total. The summed E-state index contributed by atoms with van der Waals surface area (Å²) in [5, 5.41) is 0.519. The van der Waals surface area contributed by atoms with Crippen LogP contribution in [0.3, 0.4) is 0 Å². The van der Waals surface area contributed by atoms with Crippen molar-refractivity contribution in [3.8, 4) is 5.75 Å². The molecule has 0 aliphatic carbocycles. The van der Waals surface area contributed by atoms with Crippen molar-refractivity contribution >= 4 is 17.5 Å². The number of carbonyl (C=O) groups is 1. The van der Waals surface area contributed by atoms with Gasteiger partial charge in [-0.2, -0.15) is 0 Å². The third-order valence-corrected chi connectivity index (χ3v) is 2.90. The lowest BCUT2D eigenvalue weighted by atomic mass is 10.2. The number of amides is 1. The van der Waals surface area contributed by atoms with E-state index in [1.807, 2.05) is 39.8 Å². The summed E-state index contributed by atoms with van der Waals surface area (Å²) in [6.07, 6.45) is 0. The highest BCUT2D eigenvalue weighted by atomic mass is 35.5. The summed E-state index contributed by atoms with van der Waals surface area (Å²) >= 11 is 5.96. The van der Waals surface area contributed by atoms with E-state index in [1.54, 1.807) is 17.0 Å². The average Bonchev–Trinajstić information content (AvgIpc) is 2.27. The lowest BCUT2D eigenvalue weighted by molar-refractivity contribution is -0.136. The number of hydrogen-bond donors (Lipinski definition) is 0. The molecule has 1 amide bonds. The molecule has 0 saturated carbocycles. The molecule has 0 heterocycles. The summed E-state index contributed by atoms with van der Waals surface area (Å²) in [5.74, 6) is 0.514. The standard InChI is InChI=1S/C14H20ClNO2/c1-10(2)16(11(3)4)14(17)9-18-13-8-6-5-7-12(13)15/h5-8,10-11H,9H2,1-4H3. The van der Waals surface area contributed by atoms with Crippen LogP contribution in [-0.2, 0) is 4.79 Å². The molecule has 18 heavy (non-hydrogen) atoms. The number of halogens is 1. The minimum absolute atomic E-state index is 0.0140. The zero-order valence-electron chi connectivity index (χ0n) is 11.3. The van der Waals surface area contributed by atoms with Crippen LogP contribution in [0.25, 0.3) is 0 Å². The van der Waals surface area contributed by atoms with Gasteiger partial charge in [0.05, 0.1) is 5.02 Å². The summed E-state index contributed by atoms with van der Waals surface area (Å²) < 4.78 is 5.46. The minimum Gasteiger partial charge on any atom is -0.482 e. The lowest BCUT2D eigenvalue weighted by Crippen LogP contribution is -2.44. The molecular weight excluding hydrogens is 250 g/mol. The van der Waals surface area contributed by atoms with Crippen LogP contribution in [0, 0.1) is 0 Å². The van der Waals surface area contributed by atoms with Crippen molar-refractivity contribution in [2.45, 2.75) is 39.8 Å². The van der Waals surface area contributed by atoms with Crippen molar-refractivity contribution in [1.29, 1.82) is 0 Å². The van der Waals surface area contributed by atoms with Gasteiger partial charge in [-0.25, -0.2) is 0 Å². The molecule has 0 spiro atoms. The topological polar surface area (TPSA) is 29.5 Å². The first-order valence-corrected chi connectivity index (χ1v) is 6.49. The largest absolute Gasteiger partial charge is 0.482 e. The van der Waals surface area contributed by atoms with E-state index < -0.39 is 0 Å². The monoisotopic (exact) mass is 269 g/mol. The molecule has 0 aliphatic heterocycles. The number of carbonyl (C=O) groups excluding carboxylic acids is 1. The van der Waals surface area contributed by atoms with Crippen molar-refractivity contribution in [2.24, 2.45) is 0 Å². The first-order chi connectivity index (χ1) is 8.43. The van der Waals surface area contributed by atoms with Gasteiger partial charge in [-0.1, -0.05) is 23.7 Å². The molecule has 1 rings (SSSR count). The second-order valence-corrected chi connectivity index (χ2v) is 5.11. The molecule has 4 heteroatoms. The summed E-state index contributed by atoms with van der Waals surface area (Å²) in [5.41, 5.74) is 0. The van der Waals surface area contributed by atoms with Crippen molar-refractivity contribution < 1.29 is 9.53 Å². The molecule has 1 aromatic rings. The van der Waals surface area contributed by atoms with Crippen LogP contribution < -0.4 is 4.74 Å². The van der Waals surface area contributed by atoms with Gasteiger partial charge in [-0.15, -0.1) is 0 Å². The van der Waals surface area contributed by atoms with E-state index in [4.69, 9.17) is 16.3 Å². The van der Waals surface area contributed by atoms with E-state index >= 15 is 0 Å². The third kappa shape index (κ3) is 3.91. The summed E-state index contributed by atoms with van der Waals surface area (Å²) in [6, 6.07) is 7.47. The second kappa shape index (κ2) is 6.64. The van der Waals surface area contributed by atoms with E-state index in [2.05, 4.69) is 0 Å². The highest BCUT2D eigenvalue weighted by molar-refractivity contribution is 6.32. The maximum atomic E-state index is 12.1. The molecule has 0 unspecified atom stereocenters. The normalized spacial score (nSPS) is 10.8. The second-order valence-electron chi connectivity index (χ2n) is 4.71. The van der Waals surface area contributed by atoms with E-state index in [9.17, 15) is 4.79 Å². The van der Waals surface area contributed by atoms with Crippen molar-refractivity contribution in [1.82, 2.24) is 4.90 Å². The van der Waals surface area contributed by atoms with Gasteiger partial charge in [0.1, 0.15) is 5.75 Å². The smallest absolute Gasteiger partial charge is 0.260 e. The van der Waals surface area contributed by atoms with Crippen molar-refractivity contribution in [2.75, 3.05) is 6.61 Å². The van der Waals surface area contributed by atoms with Gasteiger partial charge in [0.15, 0.2) is 6.61 Å². The van der Waals surface area contributed by atoms with E-state index in [-0.39, 0.29) is 24.6 Å². The Hall–Kier alpha value is -1.22. The van der Waals surface area contributed by atoms with E-state index in [0.29, 0.717) is 10.8 Å². The highest BCUT2D eigenvalue weighted by Crippen LogP contribution is 2.23. The number of ether oxygens (including phenoxy) is 1. The van der Waals surface area contributed by atoms with E-state index in [1.165, 1.54) is 0 Å². The third-order valence-electron chi connectivity index (χ3n) is 2.59. The fraction of sp³-hybridized carbons (Fsp3) is 0.500. The molecule has 0 aliphatic rings. The van der Waals surface area contributed by atoms with Crippen LogP contribution in [0.1, 0.15) is 27.7 Å². The minimum atomic E-state index is -0.0279. The van der Waals surface area contributed by atoms with Crippen LogP contribution >= 0.6 is 11.6 Å². The molecule has 0 fully saturated rings. The molecule has 0 bridgehead atoms. The van der Waals surface area contributed by atoms with Gasteiger partial charge in [0.25, 0.3) is 5.91 Å². The molecule has 100 valence electrons. The van der Waals surface area contributed by atoms with Crippen molar-refractivity contribution in [3.05, 3.63) is 29.3 Å². The SMILES string of the molecule is CC(C)N(C(=O)COc1ccccc1Cl)C(C)C. The number of rotatable bonds is 5. The van der Waals surface area contributed by atoms with Crippen molar-refractivity contribution in [3.63, 3.8) is 0 Å². The predicted molar refractivity (Wildman–Crippen MR) is 74.1 cm³/mol. The molecular formula is C14H20ClNO2. The maximum absolute atomic E-state index is 12.1. The molecule has 1 aromatic carbocycles. The van der Waals surface area contributed by atoms with Gasteiger partial charge < -0.3 is 9.64 Å². The van der Waals surface area contributed by atoms with Crippen LogP contribution in [0.4, 0.5) is 0 Å². The zero-order valence-corrected chi connectivity index (χ0v) is 12.1. The first kappa shape index (κ1) is 14.8. The molecule has 0 saturated heterocycles. The van der Waals surface area contributed by atoms with Crippen LogP contribution in [0.2, 0.25) is 5.02 Å². The molecule has 3 nitrogen and oxygen atoms in total. The number of benzene rings is 1. The van der Waals surface area contributed by atoms with Gasteiger partial charge in [-0.3, -0.25) is 4.79 Å². The fourth-order valence-corrected chi connectivity index (χ4v) is 2.14. The van der Waals surface area contributed by atoms with Gasteiger partial charge in [0.2, 0.25) is 0 Å². The Balaban J connectivity index is 2.63. The summed E-state index contributed by atoms with van der Waals surface area (Å²) in [7, 11) is 0. The summed E-state index contributed by atoms with van der Waals surface area (Å²) in [4.78, 5) is 13.9. The number of hydrogen-bond acceptors (Lipinski definition) is 2. The number of nitrogens with zero attached hydrogens (tertiary/aromatic N) is 1. The molecule has 0 atom stereocenters. The Morgan fingerprint density at radius 2 is 1.78 bits per heavy atom.